The molecule has 24 heavy (non-hydrogen) atoms. The molecule has 1 unspecified atom stereocenters. The first kappa shape index (κ1) is 15.0. The number of nitrogens with one attached hydrogen (secondary N) is 1. The van der Waals surface area contributed by atoms with Crippen LogP contribution in [0, 0.1) is 0 Å². The van der Waals surface area contributed by atoms with E-state index < -0.39 is 5.91 Å². The maximum absolute atomic E-state index is 12.0. The summed E-state index contributed by atoms with van der Waals surface area (Å²) in [7, 11) is 2.16. The lowest BCUT2D eigenvalue weighted by atomic mass is 9.96. The average molecular weight is 319 g/mol. The van der Waals surface area contributed by atoms with Gasteiger partial charge in [0.1, 0.15) is 0 Å². The fourth-order valence-corrected chi connectivity index (χ4v) is 3.82. The molecule has 0 saturated carbocycles. The highest BCUT2D eigenvalue weighted by molar-refractivity contribution is 6.07. The van der Waals surface area contributed by atoms with Crippen molar-refractivity contribution in [2.45, 2.75) is 18.9 Å². The second kappa shape index (κ2) is 5.80. The lowest BCUT2D eigenvalue weighted by Gasteiger charge is -2.19. The molecule has 3 aromatic rings. The van der Waals surface area contributed by atoms with Gasteiger partial charge in [-0.1, -0.05) is 30.3 Å². The summed E-state index contributed by atoms with van der Waals surface area (Å²) < 4.78 is 0. The lowest BCUT2D eigenvalue weighted by Crippen LogP contribution is -2.17. The van der Waals surface area contributed by atoms with E-state index in [4.69, 9.17) is 5.73 Å². The molecular formula is C20H21N3O. The van der Waals surface area contributed by atoms with Crippen LogP contribution in [-0.2, 0) is 0 Å². The molecule has 2 aromatic carbocycles. The van der Waals surface area contributed by atoms with Crippen LogP contribution in [0.2, 0.25) is 0 Å². The number of aromatic nitrogens is 1. The third-order valence-electron chi connectivity index (χ3n) is 5.07. The van der Waals surface area contributed by atoms with Gasteiger partial charge in [-0.25, -0.2) is 0 Å². The van der Waals surface area contributed by atoms with Crippen molar-refractivity contribution in [1.82, 2.24) is 9.88 Å². The van der Waals surface area contributed by atoms with E-state index in [1.807, 2.05) is 30.5 Å². The van der Waals surface area contributed by atoms with Gasteiger partial charge in [0.25, 0.3) is 5.91 Å². The highest BCUT2D eigenvalue weighted by Crippen LogP contribution is 2.37. The van der Waals surface area contributed by atoms with E-state index >= 15 is 0 Å². The van der Waals surface area contributed by atoms with E-state index in [2.05, 4.69) is 35.1 Å². The Morgan fingerprint density at radius 3 is 2.67 bits per heavy atom. The molecule has 1 aliphatic heterocycles. The Bertz CT molecular complexity index is 898. The van der Waals surface area contributed by atoms with Crippen LogP contribution in [0.5, 0.6) is 0 Å². The summed E-state index contributed by atoms with van der Waals surface area (Å²) in [4.78, 5) is 17.6. The van der Waals surface area contributed by atoms with Crippen molar-refractivity contribution in [1.29, 1.82) is 0 Å². The van der Waals surface area contributed by atoms with Crippen molar-refractivity contribution in [2.24, 2.45) is 5.73 Å². The minimum Gasteiger partial charge on any atom is -0.366 e. The van der Waals surface area contributed by atoms with Gasteiger partial charge < -0.3 is 10.7 Å². The van der Waals surface area contributed by atoms with Crippen LogP contribution in [0.25, 0.3) is 22.0 Å². The average Bonchev–Trinajstić information content (AvgIpc) is 3.20. The second-order valence-corrected chi connectivity index (χ2v) is 6.56. The zero-order chi connectivity index (χ0) is 16.7. The number of nitrogens with two attached hydrogens (primary N) is 1. The maximum Gasteiger partial charge on any atom is 0.250 e. The number of fused-ring (bicyclic) bond motifs is 1. The Labute approximate surface area is 141 Å². The van der Waals surface area contributed by atoms with Crippen LogP contribution in [0.3, 0.4) is 0 Å². The van der Waals surface area contributed by atoms with E-state index in [1.165, 1.54) is 12.0 Å². The molecule has 122 valence electrons. The molecule has 1 aliphatic rings. The highest BCUT2D eigenvalue weighted by Gasteiger charge is 2.26. The minimum atomic E-state index is -0.397. The molecule has 1 amide bonds. The smallest absolute Gasteiger partial charge is 0.250 e. The zero-order valence-corrected chi connectivity index (χ0v) is 13.8. The van der Waals surface area contributed by atoms with E-state index in [0.29, 0.717) is 11.6 Å². The quantitative estimate of drug-likeness (QED) is 0.773. The summed E-state index contributed by atoms with van der Waals surface area (Å²) in [6, 6.07) is 14.6. The summed E-state index contributed by atoms with van der Waals surface area (Å²) in [5.41, 5.74) is 10.4. The standard InChI is InChI=1S/C20H21N3O/c1-23-9-5-8-18(23)17-12-22-19-15(17)10-14(11-16(19)20(21)24)13-6-3-2-4-7-13/h2-4,6-7,10-12,18,22H,5,8-9H2,1H3,(H2,21,24). The summed E-state index contributed by atoms with van der Waals surface area (Å²) in [5.74, 6) is -0.397. The van der Waals surface area contributed by atoms with Gasteiger partial charge >= 0.3 is 0 Å². The van der Waals surface area contributed by atoms with Crippen LogP contribution >= 0.6 is 0 Å². The third kappa shape index (κ3) is 2.39. The van der Waals surface area contributed by atoms with Gasteiger partial charge in [-0.2, -0.15) is 0 Å². The fourth-order valence-electron chi connectivity index (χ4n) is 3.82. The van der Waals surface area contributed by atoms with Gasteiger partial charge in [0.15, 0.2) is 0 Å². The first-order valence-electron chi connectivity index (χ1n) is 8.35. The van der Waals surface area contributed by atoms with Gasteiger partial charge in [-0.05, 0) is 55.3 Å². The SMILES string of the molecule is CN1CCCC1c1c[nH]c2c(C(N)=O)cc(-c3ccccc3)cc12. The Balaban J connectivity index is 1.94. The normalized spacial score (nSPS) is 18.3. The summed E-state index contributed by atoms with van der Waals surface area (Å²) in [6.45, 7) is 1.11. The number of H-pyrrole nitrogens is 1. The van der Waals surface area contributed by atoms with Crippen molar-refractivity contribution in [3.63, 3.8) is 0 Å². The number of benzene rings is 2. The molecular weight excluding hydrogens is 298 g/mol. The summed E-state index contributed by atoms with van der Waals surface area (Å²) in [5, 5.41) is 1.10. The van der Waals surface area contributed by atoms with Gasteiger partial charge in [0, 0.05) is 17.6 Å². The van der Waals surface area contributed by atoms with Crippen molar-refractivity contribution in [3.8, 4) is 11.1 Å². The number of nitrogens with zero attached hydrogens (tertiary/aromatic N) is 1. The molecule has 1 atom stereocenters. The largest absolute Gasteiger partial charge is 0.366 e. The molecule has 1 saturated heterocycles. The van der Waals surface area contributed by atoms with Crippen molar-refractivity contribution >= 4 is 16.8 Å². The molecule has 4 heteroatoms. The van der Waals surface area contributed by atoms with Crippen LogP contribution < -0.4 is 5.73 Å². The van der Waals surface area contributed by atoms with Gasteiger partial charge in [-0.3, -0.25) is 9.69 Å². The number of carbonyl (C=O) groups excluding carboxylic acids is 1. The van der Waals surface area contributed by atoms with Crippen molar-refractivity contribution < 1.29 is 4.79 Å². The molecule has 0 radical (unpaired) electrons. The number of aromatic amines is 1. The van der Waals surface area contributed by atoms with E-state index in [-0.39, 0.29) is 0 Å². The Morgan fingerprint density at radius 2 is 2.00 bits per heavy atom. The lowest BCUT2D eigenvalue weighted by molar-refractivity contribution is 0.100. The molecule has 1 aromatic heterocycles. The van der Waals surface area contributed by atoms with Gasteiger partial charge in [0.05, 0.1) is 11.1 Å². The number of amides is 1. The Kier molecular flexibility index (Phi) is 3.62. The van der Waals surface area contributed by atoms with Crippen molar-refractivity contribution in [2.75, 3.05) is 13.6 Å². The van der Waals surface area contributed by atoms with Gasteiger partial charge in [0.2, 0.25) is 0 Å². The fraction of sp³-hybridized carbons (Fsp3) is 0.250. The Morgan fingerprint density at radius 1 is 1.21 bits per heavy atom. The predicted molar refractivity (Wildman–Crippen MR) is 96.9 cm³/mol. The predicted octanol–water partition coefficient (Wildman–Crippen LogP) is 3.70. The molecule has 0 spiro atoms. The number of primary amides is 1. The first-order valence-corrected chi connectivity index (χ1v) is 8.35. The zero-order valence-electron chi connectivity index (χ0n) is 13.8. The summed E-state index contributed by atoms with van der Waals surface area (Å²) in [6.07, 6.45) is 4.39. The highest BCUT2D eigenvalue weighted by atomic mass is 16.1. The number of rotatable bonds is 3. The maximum atomic E-state index is 12.0. The summed E-state index contributed by atoms with van der Waals surface area (Å²) >= 11 is 0. The number of hydrogen-bond donors (Lipinski definition) is 2. The topological polar surface area (TPSA) is 62.1 Å². The molecule has 3 N–H and O–H groups in total. The molecule has 0 aliphatic carbocycles. The van der Waals surface area contributed by atoms with Crippen LogP contribution in [-0.4, -0.2) is 29.4 Å². The first-order chi connectivity index (χ1) is 11.6. The van der Waals surface area contributed by atoms with Crippen LogP contribution in [0.15, 0.2) is 48.7 Å². The number of likely N-dealkylation sites (tertiary alicyclic amines) is 1. The van der Waals surface area contributed by atoms with E-state index in [1.54, 1.807) is 0 Å². The molecule has 4 rings (SSSR count). The van der Waals surface area contributed by atoms with E-state index in [9.17, 15) is 4.79 Å². The molecule has 2 heterocycles. The van der Waals surface area contributed by atoms with Crippen molar-refractivity contribution in [3.05, 3.63) is 59.8 Å². The second-order valence-electron chi connectivity index (χ2n) is 6.56. The Hall–Kier alpha value is -2.59. The minimum absolute atomic E-state index is 0.394. The molecule has 1 fully saturated rings. The third-order valence-corrected chi connectivity index (χ3v) is 5.07. The molecule has 0 bridgehead atoms. The number of carbonyl (C=O) groups is 1. The number of hydrogen-bond acceptors (Lipinski definition) is 2. The van der Waals surface area contributed by atoms with Crippen LogP contribution in [0.4, 0.5) is 0 Å². The van der Waals surface area contributed by atoms with Gasteiger partial charge in [-0.15, -0.1) is 0 Å². The van der Waals surface area contributed by atoms with E-state index in [0.717, 1.165) is 35.0 Å². The monoisotopic (exact) mass is 319 g/mol. The van der Waals surface area contributed by atoms with Crippen LogP contribution in [0.1, 0.15) is 34.8 Å². The molecule has 4 nitrogen and oxygen atoms in total.